The normalized spacial score (nSPS) is 18.4. The number of amides is 2. The Bertz CT molecular complexity index is 1190. The minimum atomic E-state index is -0.222. The van der Waals surface area contributed by atoms with Gasteiger partial charge in [-0.15, -0.1) is 0 Å². The smallest absolute Gasteiger partial charge is 0.272 e. The van der Waals surface area contributed by atoms with E-state index < -0.39 is 0 Å². The minimum absolute atomic E-state index is 0.0594. The van der Waals surface area contributed by atoms with Crippen LogP contribution < -0.4 is 4.90 Å². The summed E-state index contributed by atoms with van der Waals surface area (Å²) < 4.78 is 1.60. The second-order valence-corrected chi connectivity index (χ2v) is 8.79. The van der Waals surface area contributed by atoms with Crippen LogP contribution >= 0.6 is 0 Å². The van der Waals surface area contributed by atoms with Gasteiger partial charge >= 0.3 is 0 Å². The highest BCUT2D eigenvalue weighted by molar-refractivity contribution is 5.95. The number of anilines is 1. The monoisotopic (exact) mass is 444 g/mol. The molecule has 0 bridgehead atoms. The number of carbonyl (C=O) groups is 2. The first-order valence-electron chi connectivity index (χ1n) is 11.5. The Hall–Kier alpha value is -3.55. The number of hydrogen-bond acceptors (Lipinski definition) is 5. The van der Waals surface area contributed by atoms with Crippen molar-refractivity contribution in [3.63, 3.8) is 0 Å². The average molecular weight is 445 g/mol. The maximum absolute atomic E-state index is 13.3. The van der Waals surface area contributed by atoms with Crippen LogP contribution in [-0.2, 0) is 24.8 Å². The molecule has 5 rings (SSSR count). The molecule has 1 atom stereocenters. The van der Waals surface area contributed by atoms with Gasteiger partial charge in [-0.2, -0.15) is 5.10 Å². The van der Waals surface area contributed by atoms with E-state index in [1.807, 2.05) is 42.2 Å². The molecular weight excluding hydrogens is 416 g/mol. The van der Waals surface area contributed by atoms with Crippen molar-refractivity contribution in [2.75, 3.05) is 11.4 Å². The highest BCUT2D eigenvalue weighted by Gasteiger charge is 2.34. The summed E-state index contributed by atoms with van der Waals surface area (Å²) in [5.74, 6) is 1.32. The van der Waals surface area contributed by atoms with Crippen molar-refractivity contribution in [1.29, 1.82) is 0 Å². The number of aromatic nitrogens is 4. The van der Waals surface area contributed by atoms with Gasteiger partial charge in [-0.1, -0.05) is 30.3 Å². The number of aryl methyl sites for hydroxylation is 2. The predicted molar refractivity (Wildman–Crippen MR) is 124 cm³/mol. The van der Waals surface area contributed by atoms with E-state index in [2.05, 4.69) is 5.10 Å². The molecule has 8 nitrogen and oxygen atoms in total. The zero-order chi connectivity index (χ0) is 22.9. The highest BCUT2D eigenvalue weighted by Crippen LogP contribution is 2.35. The van der Waals surface area contributed by atoms with Crippen molar-refractivity contribution in [2.45, 2.75) is 51.6 Å². The van der Waals surface area contributed by atoms with E-state index >= 15 is 0 Å². The molecule has 4 heterocycles. The van der Waals surface area contributed by atoms with Gasteiger partial charge in [0.25, 0.3) is 5.91 Å². The molecule has 1 fully saturated rings. The van der Waals surface area contributed by atoms with E-state index in [-0.39, 0.29) is 17.9 Å². The molecule has 1 aromatic carbocycles. The van der Waals surface area contributed by atoms with Crippen molar-refractivity contribution in [3.05, 3.63) is 70.9 Å². The molecular formula is C25H28N6O2. The van der Waals surface area contributed by atoms with E-state index in [1.54, 1.807) is 28.9 Å². The van der Waals surface area contributed by atoms with Crippen molar-refractivity contribution in [1.82, 2.24) is 24.6 Å². The molecule has 1 unspecified atom stereocenters. The van der Waals surface area contributed by atoms with Crippen LogP contribution in [0.15, 0.2) is 42.6 Å². The van der Waals surface area contributed by atoms with Crippen LogP contribution in [-0.4, -0.2) is 43.0 Å². The first kappa shape index (κ1) is 21.3. The van der Waals surface area contributed by atoms with E-state index in [1.165, 1.54) is 0 Å². The van der Waals surface area contributed by atoms with Crippen molar-refractivity contribution < 1.29 is 9.59 Å². The van der Waals surface area contributed by atoms with Gasteiger partial charge in [-0.05, 0) is 44.2 Å². The van der Waals surface area contributed by atoms with Gasteiger partial charge in [0.05, 0.1) is 12.6 Å². The van der Waals surface area contributed by atoms with Crippen LogP contribution in [0.4, 0.5) is 5.82 Å². The average Bonchev–Trinajstić information content (AvgIpc) is 3.27. The zero-order valence-electron chi connectivity index (χ0n) is 19.1. The largest absolute Gasteiger partial charge is 0.327 e. The molecule has 1 saturated heterocycles. The minimum Gasteiger partial charge on any atom is -0.327 e. The first-order valence-corrected chi connectivity index (χ1v) is 11.5. The standard InChI is InChI=1S/C25H28N6O2/c1-17-19-11-12-22(32)31(16-18-8-4-3-5-9-18)24(19)28-23(27-17)20-10-6-7-15-30(20)25(33)21-13-14-26-29(21)2/h3-5,8-9,13-14,20H,6-7,10-12,15-16H2,1-2H3. The quantitative estimate of drug-likeness (QED) is 0.616. The Kier molecular flexibility index (Phi) is 5.66. The molecule has 3 aromatic rings. The van der Waals surface area contributed by atoms with Gasteiger partial charge in [-0.3, -0.25) is 19.2 Å². The molecule has 8 heteroatoms. The fraction of sp³-hybridized carbons (Fsp3) is 0.400. The summed E-state index contributed by atoms with van der Waals surface area (Å²) in [4.78, 5) is 39.7. The highest BCUT2D eigenvalue weighted by atomic mass is 16.2. The molecule has 2 amide bonds. The molecule has 0 aliphatic carbocycles. The lowest BCUT2D eigenvalue weighted by atomic mass is 9.98. The molecule has 0 saturated carbocycles. The maximum atomic E-state index is 13.3. The van der Waals surface area contributed by atoms with Crippen molar-refractivity contribution >= 4 is 17.6 Å². The van der Waals surface area contributed by atoms with Crippen LogP contribution in [0.3, 0.4) is 0 Å². The number of rotatable bonds is 4. The first-order chi connectivity index (χ1) is 16.0. The van der Waals surface area contributed by atoms with Crippen LogP contribution in [0, 0.1) is 6.92 Å². The Labute approximate surface area is 193 Å². The van der Waals surface area contributed by atoms with Crippen molar-refractivity contribution in [3.8, 4) is 0 Å². The molecule has 2 aliphatic rings. The van der Waals surface area contributed by atoms with Gasteiger partial charge in [0, 0.05) is 37.5 Å². The van der Waals surface area contributed by atoms with Crippen LogP contribution in [0.1, 0.15) is 64.9 Å². The molecule has 33 heavy (non-hydrogen) atoms. The molecule has 2 aliphatic heterocycles. The maximum Gasteiger partial charge on any atom is 0.272 e. The fourth-order valence-electron chi connectivity index (χ4n) is 4.86. The van der Waals surface area contributed by atoms with Gasteiger partial charge in [0.15, 0.2) is 5.82 Å². The van der Waals surface area contributed by atoms with Gasteiger partial charge in [0.1, 0.15) is 11.5 Å². The summed E-state index contributed by atoms with van der Waals surface area (Å²) in [6.07, 6.45) is 5.49. The lowest BCUT2D eigenvalue weighted by molar-refractivity contribution is -0.119. The number of benzene rings is 1. The predicted octanol–water partition coefficient (Wildman–Crippen LogP) is 3.37. The topological polar surface area (TPSA) is 84.2 Å². The summed E-state index contributed by atoms with van der Waals surface area (Å²) in [7, 11) is 1.78. The van der Waals surface area contributed by atoms with E-state index in [0.29, 0.717) is 43.3 Å². The third-order valence-corrected chi connectivity index (χ3v) is 6.64. The third-order valence-electron chi connectivity index (χ3n) is 6.64. The summed E-state index contributed by atoms with van der Waals surface area (Å²) >= 11 is 0. The Morgan fingerprint density at radius 2 is 1.91 bits per heavy atom. The molecule has 0 spiro atoms. The van der Waals surface area contributed by atoms with Crippen molar-refractivity contribution in [2.24, 2.45) is 7.05 Å². The summed E-state index contributed by atoms with van der Waals surface area (Å²) in [6, 6.07) is 11.5. The number of fused-ring (bicyclic) bond motifs is 1. The third kappa shape index (κ3) is 4.01. The van der Waals surface area contributed by atoms with Gasteiger partial charge in [-0.25, -0.2) is 9.97 Å². The molecule has 0 N–H and O–H groups in total. The van der Waals surface area contributed by atoms with Crippen LogP contribution in [0.5, 0.6) is 0 Å². The zero-order valence-corrected chi connectivity index (χ0v) is 19.1. The number of carbonyl (C=O) groups excluding carboxylic acids is 2. The number of piperidine rings is 1. The second-order valence-electron chi connectivity index (χ2n) is 8.79. The fourth-order valence-corrected chi connectivity index (χ4v) is 4.86. The van der Waals surface area contributed by atoms with E-state index in [4.69, 9.17) is 9.97 Å². The lowest BCUT2D eigenvalue weighted by Gasteiger charge is -2.36. The molecule has 0 radical (unpaired) electrons. The summed E-state index contributed by atoms with van der Waals surface area (Å²) in [6.45, 7) is 3.11. The van der Waals surface area contributed by atoms with Gasteiger partial charge in [0.2, 0.25) is 5.91 Å². The number of nitrogens with zero attached hydrogens (tertiary/aromatic N) is 6. The second kappa shape index (κ2) is 8.77. The molecule has 170 valence electrons. The molecule has 2 aromatic heterocycles. The summed E-state index contributed by atoms with van der Waals surface area (Å²) in [5, 5.41) is 4.15. The SMILES string of the molecule is Cc1nc(C2CCCCN2C(=O)c2ccnn2C)nc2c1CCC(=O)N2Cc1ccccc1. The van der Waals surface area contributed by atoms with Crippen LogP contribution in [0.25, 0.3) is 0 Å². The summed E-state index contributed by atoms with van der Waals surface area (Å²) in [5.41, 5.74) is 3.52. The number of hydrogen-bond donors (Lipinski definition) is 0. The van der Waals surface area contributed by atoms with Crippen LogP contribution in [0.2, 0.25) is 0 Å². The van der Waals surface area contributed by atoms with E-state index in [0.717, 1.165) is 36.1 Å². The Morgan fingerprint density at radius 1 is 1.09 bits per heavy atom. The number of likely N-dealkylation sites (tertiary alicyclic amines) is 1. The lowest BCUT2D eigenvalue weighted by Crippen LogP contribution is -2.41. The Balaban J connectivity index is 1.52. The van der Waals surface area contributed by atoms with E-state index in [9.17, 15) is 9.59 Å². The van der Waals surface area contributed by atoms with Gasteiger partial charge < -0.3 is 4.90 Å². The Morgan fingerprint density at radius 3 is 2.67 bits per heavy atom.